The van der Waals surface area contributed by atoms with Crippen molar-refractivity contribution in [3.63, 3.8) is 0 Å². The van der Waals surface area contributed by atoms with E-state index in [2.05, 4.69) is 53.4 Å². The van der Waals surface area contributed by atoms with Crippen LogP contribution in [0.25, 0.3) is 11.3 Å². The van der Waals surface area contributed by atoms with Crippen molar-refractivity contribution in [2.45, 2.75) is 71.9 Å². The SMILES string of the molecule is Cc1cc2cc(n1)-c1cnn(C)c1OCCCCCN1/C(=N/C2=O)Nc2ccc(CN3CCCC(/C=N\C(=O)OC(C)(C)C)C3)cc21. The molecule has 6 rings (SSSR count). The molecule has 3 aliphatic rings. The number of carbonyl (C=O) groups excluding carboxylic acids is 2. The first kappa shape index (κ1) is 32.4. The molecule has 0 spiro atoms. The van der Waals surface area contributed by atoms with Gasteiger partial charge in [-0.15, -0.1) is 0 Å². The maximum absolute atomic E-state index is 13.6. The van der Waals surface area contributed by atoms with E-state index >= 15 is 0 Å². The van der Waals surface area contributed by atoms with Gasteiger partial charge in [0.25, 0.3) is 5.91 Å². The number of likely N-dealkylation sites (tertiary alicyclic amines) is 1. The predicted octanol–water partition coefficient (Wildman–Crippen LogP) is 6.00. The van der Waals surface area contributed by atoms with Gasteiger partial charge in [0.15, 0.2) is 0 Å². The number of carbonyl (C=O) groups is 2. The zero-order chi connectivity index (χ0) is 33.1. The van der Waals surface area contributed by atoms with Crippen molar-refractivity contribution in [3.8, 4) is 17.1 Å². The van der Waals surface area contributed by atoms with Gasteiger partial charge < -0.3 is 19.7 Å². The number of nitrogens with one attached hydrogen (secondary N) is 1. The molecule has 0 aliphatic carbocycles. The Kier molecular flexibility index (Phi) is 9.40. The van der Waals surface area contributed by atoms with Gasteiger partial charge >= 0.3 is 6.09 Å². The average Bonchev–Trinajstić information content (AvgIpc) is 3.55. The Bertz CT molecular complexity index is 1710. The Labute approximate surface area is 275 Å². The first-order chi connectivity index (χ1) is 22.5. The molecule has 248 valence electrons. The van der Waals surface area contributed by atoms with Gasteiger partial charge in [-0.2, -0.15) is 15.1 Å². The Hall–Kier alpha value is -4.58. The summed E-state index contributed by atoms with van der Waals surface area (Å²) in [5, 5.41) is 7.79. The Morgan fingerprint density at radius 3 is 2.83 bits per heavy atom. The smallest absolute Gasteiger partial charge is 0.433 e. The van der Waals surface area contributed by atoms with E-state index < -0.39 is 11.7 Å². The molecular formula is C35H44N8O4. The number of pyridine rings is 1. The van der Waals surface area contributed by atoms with Crippen molar-refractivity contribution < 1.29 is 19.1 Å². The number of nitrogens with zero attached hydrogens (tertiary/aromatic N) is 7. The van der Waals surface area contributed by atoms with Crippen molar-refractivity contribution in [1.29, 1.82) is 0 Å². The van der Waals surface area contributed by atoms with Gasteiger partial charge in [-0.05, 0) is 96.2 Å². The van der Waals surface area contributed by atoms with Crippen LogP contribution in [0.1, 0.15) is 74.5 Å². The molecule has 12 nitrogen and oxygen atoms in total. The summed E-state index contributed by atoms with van der Waals surface area (Å²) in [5.74, 6) is 1.02. The summed E-state index contributed by atoms with van der Waals surface area (Å²) in [5.41, 5.74) is 5.11. The van der Waals surface area contributed by atoms with Crippen LogP contribution in [-0.4, -0.2) is 75.7 Å². The number of guanidine groups is 1. The van der Waals surface area contributed by atoms with Crippen LogP contribution >= 0.6 is 0 Å². The van der Waals surface area contributed by atoms with Crippen LogP contribution in [0.4, 0.5) is 16.2 Å². The molecule has 1 unspecified atom stereocenters. The molecule has 1 saturated heterocycles. The minimum Gasteiger partial charge on any atom is -0.477 e. The molecule has 1 N–H and O–H groups in total. The number of hydrogen-bond donors (Lipinski definition) is 1. The second-order valence-corrected chi connectivity index (χ2v) is 13.5. The highest BCUT2D eigenvalue weighted by molar-refractivity contribution is 6.19. The third-order valence-corrected chi connectivity index (χ3v) is 8.42. The van der Waals surface area contributed by atoms with Gasteiger partial charge in [-0.1, -0.05) is 6.07 Å². The number of benzene rings is 1. The lowest BCUT2D eigenvalue weighted by molar-refractivity contribution is 0.0603. The van der Waals surface area contributed by atoms with Gasteiger partial charge in [0.05, 0.1) is 35.4 Å². The highest BCUT2D eigenvalue weighted by Crippen LogP contribution is 2.35. The molecule has 1 atom stereocenters. The summed E-state index contributed by atoms with van der Waals surface area (Å²) in [6.07, 6.45) is 7.69. The fourth-order valence-corrected chi connectivity index (χ4v) is 6.27. The van der Waals surface area contributed by atoms with Gasteiger partial charge in [0, 0.05) is 50.1 Å². The number of aryl methyl sites for hydroxylation is 2. The molecule has 5 heterocycles. The molecule has 1 aromatic carbocycles. The number of aromatic nitrogens is 3. The molecule has 2 amide bonds. The zero-order valence-electron chi connectivity index (χ0n) is 28.0. The van der Waals surface area contributed by atoms with E-state index in [-0.39, 0.29) is 11.8 Å². The normalized spacial score (nSPS) is 20.2. The maximum atomic E-state index is 13.6. The number of amides is 2. The second-order valence-electron chi connectivity index (χ2n) is 13.5. The van der Waals surface area contributed by atoms with Crippen molar-refractivity contribution >= 4 is 35.5 Å². The van der Waals surface area contributed by atoms with E-state index in [4.69, 9.17) is 9.47 Å². The van der Waals surface area contributed by atoms with Gasteiger partial charge in [-0.25, -0.2) is 9.48 Å². The standard InChI is InChI=1S/C35H44N8O4/c1-23-16-26-18-29(38-23)27-20-37-41(5)32(27)46-15-8-6-7-14-43-30-17-24(11-12-28(30)39-33(43)40-31(26)44)21-42-13-9-10-25(22-42)19-36-34(45)47-35(2,3)4/h11-12,16-20,25H,6-10,13-15,21-22H2,1-5H3,(H,39,40,44)/b36-19-. The molecule has 3 aromatic rings. The summed E-state index contributed by atoms with van der Waals surface area (Å²) in [7, 11) is 1.84. The van der Waals surface area contributed by atoms with E-state index in [1.54, 1.807) is 29.2 Å². The first-order valence-corrected chi connectivity index (χ1v) is 16.5. The Morgan fingerprint density at radius 2 is 2.00 bits per heavy atom. The lowest BCUT2D eigenvalue weighted by Crippen LogP contribution is -2.35. The quantitative estimate of drug-likeness (QED) is 0.343. The average molecular weight is 641 g/mol. The highest BCUT2D eigenvalue weighted by Gasteiger charge is 2.28. The lowest BCUT2D eigenvalue weighted by Gasteiger charge is -2.31. The van der Waals surface area contributed by atoms with Crippen LogP contribution in [0.3, 0.4) is 0 Å². The largest absolute Gasteiger partial charge is 0.477 e. The number of rotatable bonds is 3. The van der Waals surface area contributed by atoms with Crippen LogP contribution < -0.4 is 15.0 Å². The molecule has 2 bridgehead atoms. The summed E-state index contributed by atoms with van der Waals surface area (Å²) in [4.78, 5) is 43.6. The second kappa shape index (κ2) is 13.6. The van der Waals surface area contributed by atoms with E-state index in [9.17, 15) is 9.59 Å². The molecule has 0 saturated carbocycles. The van der Waals surface area contributed by atoms with E-state index in [0.717, 1.165) is 68.7 Å². The van der Waals surface area contributed by atoms with Crippen molar-refractivity contribution in [3.05, 3.63) is 53.3 Å². The van der Waals surface area contributed by atoms with Crippen LogP contribution in [0, 0.1) is 12.8 Å². The number of aliphatic imine (C=N–C) groups is 2. The van der Waals surface area contributed by atoms with Crippen molar-refractivity contribution in [2.75, 3.05) is 36.5 Å². The number of piperidine rings is 1. The van der Waals surface area contributed by atoms with Gasteiger partial charge in [0.1, 0.15) is 5.60 Å². The number of fused-ring (bicyclic) bond motifs is 7. The summed E-state index contributed by atoms with van der Waals surface area (Å²) in [6, 6.07) is 9.92. The third-order valence-electron chi connectivity index (χ3n) is 8.42. The molecule has 12 heteroatoms. The Morgan fingerprint density at radius 1 is 1.15 bits per heavy atom. The molecule has 3 aliphatic heterocycles. The number of hydrogen-bond acceptors (Lipinski definition) is 9. The topological polar surface area (TPSA) is 127 Å². The number of ether oxygens (including phenoxy) is 2. The van der Waals surface area contributed by atoms with Gasteiger partial charge in [0.2, 0.25) is 11.8 Å². The van der Waals surface area contributed by atoms with Crippen LogP contribution in [-0.2, 0) is 18.3 Å². The van der Waals surface area contributed by atoms with Crippen LogP contribution in [0.2, 0.25) is 0 Å². The van der Waals surface area contributed by atoms with E-state index in [1.165, 1.54) is 5.56 Å². The number of anilines is 2. The summed E-state index contributed by atoms with van der Waals surface area (Å²) < 4.78 is 13.2. The molecular weight excluding hydrogens is 596 g/mol. The maximum Gasteiger partial charge on any atom is 0.433 e. The summed E-state index contributed by atoms with van der Waals surface area (Å²) >= 11 is 0. The molecule has 2 aromatic heterocycles. The van der Waals surface area contributed by atoms with E-state index in [0.29, 0.717) is 41.9 Å². The van der Waals surface area contributed by atoms with E-state index in [1.807, 2.05) is 34.7 Å². The highest BCUT2D eigenvalue weighted by atomic mass is 16.6. The minimum absolute atomic E-state index is 0.190. The molecule has 47 heavy (non-hydrogen) atoms. The molecule has 0 radical (unpaired) electrons. The Balaban J connectivity index is 1.21. The summed E-state index contributed by atoms with van der Waals surface area (Å²) in [6.45, 7) is 11.2. The van der Waals surface area contributed by atoms with Crippen molar-refractivity contribution in [1.82, 2.24) is 19.7 Å². The van der Waals surface area contributed by atoms with Crippen LogP contribution in [0.15, 0.2) is 46.5 Å². The molecule has 1 fully saturated rings. The monoisotopic (exact) mass is 640 g/mol. The van der Waals surface area contributed by atoms with Crippen LogP contribution in [0.5, 0.6) is 5.88 Å². The minimum atomic E-state index is -0.560. The van der Waals surface area contributed by atoms with Crippen molar-refractivity contribution in [2.24, 2.45) is 23.0 Å². The fraction of sp³-hybridized carbons (Fsp3) is 0.486. The first-order valence-electron chi connectivity index (χ1n) is 16.5. The lowest BCUT2D eigenvalue weighted by atomic mass is 9.98. The third kappa shape index (κ3) is 7.87. The zero-order valence-corrected chi connectivity index (χ0v) is 28.0. The fourth-order valence-electron chi connectivity index (χ4n) is 6.27. The predicted molar refractivity (Wildman–Crippen MR) is 182 cm³/mol. The van der Waals surface area contributed by atoms with Gasteiger partial charge in [-0.3, -0.25) is 14.7 Å².